The first-order valence-electron chi connectivity index (χ1n) is 4.73. The Hall–Kier alpha value is -1.49. The molecule has 1 aromatic heterocycles. The van der Waals surface area contributed by atoms with E-state index in [0.717, 1.165) is 0 Å². The third-order valence-electron chi connectivity index (χ3n) is 1.73. The van der Waals surface area contributed by atoms with E-state index >= 15 is 0 Å². The summed E-state index contributed by atoms with van der Waals surface area (Å²) in [7, 11) is 0. The van der Waals surface area contributed by atoms with Crippen LogP contribution in [0.15, 0.2) is 18.5 Å². The molecule has 0 unspecified atom stereocenters. The maximum atomic E-state index is 11.0. The highest BCUT2D eigenvalue weighted by atomic mass is 16.7. The van der Waals surface area contributed by atoms with E-state index in [0.29, 0.717) is 5.82 Å². The van der Waals surface area contributed by atoms with Gasteiger partial charge in [-0.15, -0.1) is 0 Å². The first-order valence-corrected chi connectivity index (χ1v) is 4.73. The van der Waals surface area contributed by atoms with Crippen LogP contribution < -0.4 is 0 Å². The molecule has 1 heterocycles. The fourth-order valence-electron chi connectivity index (χ4n) is 1.07. The maximum Gasteiger partial charge on any atom is 0.308 e. The smallest absolute Gasteiger partial charge is 0.308 e. The van der Waals surface area contributed by atoms with Crippen LogP contribution in [0.3, 0.4) is 0 Å². The number of aromatic nitrogens is 2. The average molecular weight is 210 g/mol. The Kier molecular flexibility index (Phi) is 3.74. The Bertz CT molecular complexity index is 325. The minimum atomic E-state index is -1.55. The second-order valence-corrected chi connectivity index (χ2v) is 3.34. The van der Waals surface area contributed by atoms with Crippen LogP contribution in [0.1, 0.15) is 26.1 Å². The van der Waals surface area contributed by atoms with E-state index in [1.54, 1.807) is 25.4 Å². The Labute approximate surface area is 88.1 Å². The molecule has 0 saturated carbocycles. The molecule has 0 aliphatic rings. The molecule has 15 heavy (non-hydrogen) atoms. The zero-order chi connectivity index (χ0) is 11.3. The molecular formula is C10H14N2O3. The summed E-state index contributed by atoms with van der Waals surface area (Å²) < 4.78 is 4.83. The standard InChI is InChI=1S/C10H14N2O3/c1-3-9(13)15-10(2,14)7-8-11-5-4-6-12-8/h4-6,14H,3,7H2,1-2H3/t10-/m1/s1. The third-order valence-corrected chi connectivity index (χ3v) is 1.73. The molecule has 0 spiro atoms. The first-order chi connectivity index (χ1) is 7.03. The zero-order valence-corrected chi connectivity index (χ0v) is 8.80. The lowest BCUT2D eigenvalue weighted by Gasteiger charge is -2.22. The Balaban J connectivity index is 2.60. The average Bonchev–Trinajstić information content (AvgIpc) is 2.17. The molecule has 0 aliphatic carbocycles. The fraction of sp³-hybridized carbons (Fsp3) is 0.500. The summed E-state index contributed by atoms with van der Waals surface area (Å²) in [4.78, 5) is 18.9. The van der Waals surface area contributed by atoms with E-state index in [1.165, 1.54) is 6.92 Å². The predicted octanol–water partition coefficient (Wildman–Crippen LogP) is 0.681. The van der Waals surface area contributed by atoms with Gasteiger partial charge in [0.2, 0.25) is 5.79 Å². The lowest BCUT2D eigenvalue weighted by molar-refractivity contribution is -0.201. The van der Waals surface area contributed by atoms with Crippen molar-refractivity contribution in [3.8, 4) is 0 Å². The largest absolute Gasteiger partial charge is 0.433 e. The summed E-state index contributed by atoms with van der Waals surface area (Å²) in [6.07, 6.45) is 3.45. The number of ether oxygens (including phenoxy) is 1. The number of carbonyl (C=O) groups is 1. The summed E-state index contributed by atoms with van der Waals surface area (Å²) in [5, 5.41) is 9.75. The van der Waals surface area contributed by atoms with Gasteiger partial charge >= 0.3 is 5.97 Å². The second-order valence-electron chi connectivity index (χ2n) is 3.34. The van der Waals surface area contributed by atoms with Crippen LogP contribution in [0.25, 0.3) is 0 Å². The van der Waals surface area contributed by atoms with Crippen LogP contribution in [-0.4, -0.2) is 26.8 Å². The van der Waals surface area contributed by atoms with Crippen molar-refractivity contribution in [2.45, 2.75) is 32.5 Å². The van der Waals surface area contributed by atoms with Crippen LogP contribution in [0.2, 0.25) is 0 Å². The molecular weight excluding hydrogens is 196 g/mol. The minimum absolute atomic E-state index is 0.0829. The molecule has 0 radical (unpaired) electrons. The van der Waals surface area contributed by atoms with Crippen molar-refractivity contribution in [2.75, 3.05) is 0 Å². The van der Waals surface area contributed by atoms with Gasteiger partial charge in [-0.25, -0.2) is 9.97 Å². The van der Waals surface area contributed by atoms with Crippen LogP contribution in [0, 0.1) is 0 Å². The molecule has 1 aromatic rings. The van der Waals surface area contributed by atoms with Crippen molar-refractivity contribution in [1.29, 1.82) is 0 Å². The number of carbonyl (C=O) groups excluding carboxylic acids is 1. The highest BCUT2D eigenvalue weighted by molar-refractivity contribution is 5.69. The number of hydrogen-bond donors (Lipinski definition) is 1. The lowest BCUT2D eigenvalue weighted by atomic mass is 10.2. The normalized spacial score (nSPS) is 14.3. The van der Waals surface area contributed by atoms with Crippen LogP contribution >= 0.6 is 0 Å². The van der Waals surface area contributed by atoms with E-state index < -0.39 is 11.8 Å². The van der Waals surface area contributed by atoms with Crippen molar-refractivity contribution < 1.29 is 14.6 Å². The molecule has 5 heteroatoms. The van der Waals surface area contributed by atoms with Crippen molar-refractivity contribution in [3.05, 3.63) is 24.3 Å². The minimum Gasteiger partial charge on any atom is -0.433 e. The number of esters is 1. The van der Waals surface area contributed by atoms with Gasteiger partial charge in [0.15, 0.2) is 0 Å². The number of aliphatic hydroxyl groups is 1. The Morgan fingerprint density at radius 3 is 2.67 bits per heavy atom. The van der Waals surface area contributed by atoms with Gasteiger partial charge in [0.05, 0.1) is 6.42 Å². The van der Waals surface area contributed by atoms with Crippen molar-refractivity contribution in [3.63, 3.8) is 0 Å². The number of rotatable bonds is 4. The van der Waals surface area contributed by atoms with E-state index in [9.17, 15) is 9.90 Å². The molecule has 1 N–H and O–H groups in total. The zero-order valence-electron chi connectivity index (χ0n) is 8.80. The van der Waals surface area contributed by atoms with Gasteiger partial charge in [-0.05, 0) is 6.07 Å². The summed E-state index contributed by atoms with van der Waals surface area (Å²) in [6.45, 7) is 3.08. The Morgan fingerprint density at radius 1 is 1.53 bits per heavy atom. The van der Waals surface area contributed by atoms with Crippen molar-refractivity contribution in [1.82, 2.24) is 9.97 Å². The highest BCUT2D eigenvalue weighted by Gasteiger charge is 2.26. The lowest BCUT2D eigenvalue weighted by Crippen LogP contribution is -2.34. The van der Waals surface area contributed by atoms with Gasteiger partial charge in [-0.1, -0.05) is 6.92 Å². The molecule has 5 nitrogen and oxygen atoms in total. The van der Waals surface area contributed by atoms with Crippen molar-refractivity contribution >= 4 is 5.97 Å². The second kappa shape index (κ2) is 4.84. The van der Waals surface area contributed by atoms with Gasteiger partial charge in [-0.3, -0.25) is 4.79 Å². The molecule has 1 rings (SSSR count). The van der Waals surface area contributed by atoms with E-state index in [2.05, 4.69) is 9.97 Å². The van der Waals surface area contributed by atoms with E-state index in [1.807, 2.05) is 0 Å². The van der Waals surface area contributed by atoms with Crippen molar-refractivity contribution in [2.24, 2.45) is 0 Å². The van der Waals surface area contributed by atoms with Crippen LogP contribution in [0.5, 0.6) is 0 Å². The number of hydrogen-bond acceptors (Lipinski definition) is 5. The van der Waals surface area contributed by atoms with Gasteiger partial charge in [0.25, 0.3) is 0 Å². The molecule has 1 atom stereocenters. The van der Waals surface area contributed by atoms with Crippen LogP contribution in [0.4, 0.5) is 0 Å². The molecule has 0 bridgehead atoms. The molecule has 0 amide bonds. The highest BCUT2D eigenvalue weighted by Crippen LogP contribution is 2.12. The molecule has 0 aliphatic heterocycles. The molecule has 0 saturated heterocycles. The first kappa shape index (κ1) is 11.6. The fourth-order valence-corrected chi connectivity index (χ4v) is 1.07. The van der Waals surface area contributed by atoms with Gasteiger partial charge in [0.1, 0.15) is 5.82 Å². The van der Waals surface area contributed by atoms with Gasteiger partial charge in [0, 0.05) is 25.7 Å². The molecule has 0 fully saturated rings. The van der Waals surface area contributed by atoms with Gasteiger partial charge in [-0.2, -0.15) is 0 Å². The molecule has 0 aromatic carbocycles. The SMILES string of the molecule is CCC(=O)O[C@@](C)(O)Cc1ncccn1. The quantitative estimate of drug-likeness (QED) is 0.584. The molecule has 82 valence electrons. The predicted molar refractivity (Wildman–Crippen MR) is 52.7 cm³/mol. The van der Waals surface area contributed by atoms with Crippen LogP contribution in [-0.2, 0) is 16.0 Å². The Morgan fingerprint density at radius 2 is 2.13 bits per heavy atom. The summed E-state index contributed by atoms with van der Waals surface area (Å²) in [5.41, 5.74) is 0. The third kappa shape index (κ3) is 4.03. The van der Waals surface area contributed by atoms with E-state index in [-0.39, 0.29) is 12.8 Å². The summed E-state index contributed by atoms with van der Waals surface area (Å²) >= 11 is 0. The maximum absolute atomic E-state index is 11.0. The number of nitrogens with zero attached hydrogens (tertiary/aromatic N) is 2. The topological polar surface area (TPSA) is 72.3 Å². The summed E-state index contributed by atoms with van der Waals surface area (Å²) in [5.74, 6) is -1.56. The van der Waals surface area contributed by atoms with Gasteiger partial charge < -0.3 is 9.84 Å². The van der Waals surface area contributed by atoms with E-state index in [4.69, 9.17) is 4.74 Å². The summed E-state index contributed by atoms with van der Waals surface area (Å²) in [6, 6.07) is 1.68. The monoisotopic (exact) mass is 210 g/mol.